The molecule has 0 aliphatic carbocycles. The van der Waals surface area contributed by atoms with E-state index >= 15 is 0 Å². The van der Waals surface area contributed by atoms with E-state index in [1.165, 1.54) is 18.3 Å². The molecule has 1 aromatic heterocycles. The second-order valence-electron chi connectivity index (χ2n) is 3.97. The Morgan fingerprint density at radius 3 is 2.60 bits per heavy atom. The first-order valence-corrected chi connectivity index (χ1v) is 6.48. The third-order valence-electron chi connectivity index (χ3n) is 2.59. The van der Waals surface area contributed by atoms with Crippen LogP contribution in [0.4, 0.5) is 5.69 Å². The van der Waals surface area contributed by atoms with E-state index < -0.39 is 4.92 Å². The number of benzene rings is 1. The molecule has 0 unspecified atom stereocenters. The van der Waals surface area contributed by atoms with Gasteiger partial charge in [0.15, 0.2) is 0 Å². The molecule has 1 heterocycles. The highest BCUT2D eigenvalue weighted by Gasteiger charge is 2.07. The van der Waals surface area contributed by atoms with Crippen molar-refractivity contribution in [3.05, 3.63) is 68.4 Å². The van der Waals surface area contributed by atoms with Gasteiger partial charge in [0.1, 0.15) is 4.60 Å². The minimum Gasteiger partial charge on any atom is -0.348 e. The number of rotatable bonds is 4. The van der Waals surface area contributed by atoms with Gasteiger partial charge in [-0.15, -0.1) is 0 Å². The van der Waals surface area contributed by atoms with Crippen LogP contribution in [0.1, 0.15) is 15.9 Å². The van der Waals surface area contributed by atoms with Crippen LogP contribution in [-0.2, 0) is 6.54 Å². The van der Waals surface area contributed by atoms with E-state index in [9.17, 15) is 14.9 Å². The van der Waals surface area contributed by atoms with Crippen molar-refractivity contribution in [2.45, 2.75) is 6.54 Å². The molecular weight excluding hydrogens is 326 g/mol. The van der Waals surface area contributed by atoms with E-state index in [1.807, 2.05) is 0 Å². The lowest BCUT2D eigenvalue weighted by molar-refractivity contribution is -0.384. The average Bonchev–Trinajstić information content (AvgIpc) is 2.45. The Hall–Kier alpha value is -2.28. The monoisotopic (exact) mass is 335 g/mol. The molecule has 7 heteroatoms. The summed E-state index contributed by atoms with van der Waals surface area (Å²) in [5, 5.41) is 13.3. The van der Waals surface area contributed by atoms with E-state index in [0.29, 0.717) is 16.7 Å². The van der Waals surface area contributed by atoms with Crippen molar-refractivity contribution in [2.75, 3.05) is 0 Å². The Balaban J connectivity index is 1.98. The summed E-state index contributed by atoms with van der Waals surface area (Å²) in [5.41, 5.74) is 1.31. The zero-order chi connectivity index (χ0) is 14.5. The SMILES string of the molecule is O=C(NCc1ccc([N+](=O)[O-])cc1)c1ccnc(Br)c1. The van der Waals surface area contributed by atoms with Crippen LogP contribution in [0.5, 0.6) is 0 Å². The van der Waals surface area contributed by atoms with E-state index in [2.05, 4.69) is 26.2 Å². The topological polar surface area (TPSA) is 85.1 Å². The lowest BCUT2D eigenvalue weighted by Crippen LogP contribution is -2.22. The normalized spacial score (nSPS) is 10.1. The second-order valence-corrected chi connectivity index (χ2v) is 4.79. The molecule has 1 aromatic carbocycles. The number of nitrogens with zero attached hydrogens (tertiary/aromatic N) is 2. The van der Waals surface area contributed by atoms with Crippen LogP contribution in [0, 0.1) is 10.1 Å². The molecule has 1 N–H and O–H groups in total. The number of carbonyl (C=O) groups excluding carboxylic acids is 1. The second kappa shape index (κ2) is 6.25. The lowest BCUT2D eigenvalue weighted by atomic mass is 10.2. The number of hydrogen-bond donors (Lipinski definition) is 1. The molecule has 2 rings (SSSR count). The predicted octanol–water partition coefficient (Wildman–Crippen LogP) is 2.68. The molecule has 6 nitrogen and oxygen atoms in total. The van der Waals surface area contributed by atoms with Crippen LogP contribution in [0.2, 0.25) is 0 Å². The number of halogens is 1. The number of nitro benzene ring substituents is 1. The first-order chi connectivity index (χ1) is 9.56. The van der Waals surface area contributed by atoms with E-state index in [0.717, 1.165) is 5.56 Å². The Kier molecular flexibility index (Phi) is 4.41. The van der Waals surface area contributed by atoms with E-state index in [1.54, 1.807) is 24.3 Å². The molecule has 20 heavy (non-hydrogen) atoms. The highest BCUT2D eigenvalue weighted by Crippen LogP contribution is 2.12. The fourth-order valence-corrected chi connectivity index (χ4v) is 1.93. The van der Waals surface area contributed by atoms with Crippen molar-refractivity contribution in [3.8, 4) is 0 Å². The summed E-state index contributed by atoms with van der Waals surface area (Å²) in [6, 6.07) is 9.26. The summed E-state index contributed by atoms with van der Waals surface area (Å²) in [5.74, 6) is -0.230. The summed E-state index contributed by atoms with van der Waals surface area (Å²) < 4.78 is 0.584. The summed E-state index contributed by atoms with van der Waals surface area (Å²) in [7, 11) is 0. The first-order valence-electron chi connectivity index (χ1n) is 5.69. The van der Waals surface area contributed by atoms with Gasteiger partial charge in [-0.3, -0.25) is 14.9 Å². The molecule has 0 saturated heterocycles. The zero-order valence-corrected chi connectivity index (χ0v) is 11.8. The number of nitrogens with one attached hydrogen (secondary N) is 1. The minimum atomic E-state index is -0.461. The fourth-order valence-electron chi connectivity index (χ4n) is 1.56. The molecule has 0 saturated carbocycles. The number of carbonyl (C=O) groups is 1. The van der Waals surface area contributed by atoms with Gasteiger partial charge >= 0.3 is 0 Å². The van der Waals surface area contributed by atoms with E-state index in [-0.39, 0.29) is 11.6 Å². The molecule has 0 atom stereocenters. The third-order valence-corrected chi connectivity index (χ3v) is 3.02. The van der Waals surface area contributed by atoms with Gasteiger partial charge in [-0.05, 0) is 33.6 Å². The van der Waals surface area contributed by atoms with Gasteiger partial charge in [0.05, 0.1) is 4.92 Å². The highest BCUT2D eigenvalue weighted by atomic mass is 79.9. The van der Waals surface area contributed by atoms with Gasteiger partial charge in [-0.25, -0.2) is 4.98 Å². The largest absolute Gasteiger partial charge is 0.348 e. The summed E-state index contributed by atoms with van der Waals surface area (Å²) >= 11 is 3.19. The maximum atomic E-state index is 11.9. The molecule has 0 fully saturated rings. The molecule has 0 bridgehead atoms. The molecular formula is C13H10BrN3O3. The van der Waals surface area contributed by atoms with Gasteiger partial charge in [0.25, 0.3) is 11.6 Å². The van der Waals surface area contributed by atoms with Crippen molar-refractivity contribution in [3.63, 3.8) is 0 Å². The molecule has 2 aromatic rings. The van der Waals surface area contributed by atoms with Crippen molar-refractivity contribution < 1.29 is 9.72 Å². The quantitative estimate of drug-likeness (QED) is 0.528. The number of pyridine rings is 1. The number of nitro groups is 1. The molecule has 0 radical (unpaired) electrons. The summed E-state index contributed by atoms with van der Waals surface area (Å²) in [4.78, 5) is 25.9. The maximum Gasteiger partial charge on any atom is 0.269 e. The Bertz CT molecular complexity index is 644. The smallest absolute Gasteiger partial charge is 0.269 e. The Morgan fingerprint density at radius 2 is 2.00 bits per heavy atom. The van der Waals surface area contributed by atoms with Gasteiger partial charge in [0, 0.05) is 30.4 Å². The Morgan fingerprint density at radius 1 is 1.30 bits per heavy atom. The van der Waals surface area contributed by atoms with Gasteiger partial charge in [-0.2, -0.15) is 0 Å². The molecule has 0 spiro atoms. The number of aromatic nitrogens is 1. The van der Waals surface area contributed by atoms with Crippen molar-refractivity contribution >= 4 is 27.5 Å². The molecule has 102 valence electrons. The van der Waals surface area contributed by atoms with Crippen molar-refractivity contribution in [1.29, 1.82) is 0 Å². The molecule has 0 aliphatic heterocycles. The first kappa shape index (κ1) is 14.1. The third kappa shape index (κ3) is 3.61. The van der Waals surface area contributed by atoms with Crippen LogP contribution in [0.25, 0.3) is 0 Å². The Labute approximate surface area is 123 Å². The van der Waals surface area contributed by atoms with Gasteiger partial charge in [-0.1, -0.05) is 12.1 Å². The number of hydrogen-bond acceptors (Lipinski definition) is 4. The zero-order valence-electron chi connectivity index (χ0n) is 10.2. The fraction of sp³-hybridized carbons (Fsp3) is 0.0769. The van der Waals surface area contributed by atoms with Gasteiger partial charge < -0.3 is 5.32 Å². The van der Waals surface area contributed by atoms with Crippen LogP contribution >= 0.6 is 15.9 Å². The predicted molar refractivity (Wildman–Crippen MR) is 76.2 cm³/mol. The van der Waals surface area contributed by atoms with Crippen molar-refractivity contribution in [1.82, 2.24) is 10.3 Å². The van der Waals surface area contributed by atoms with Crippen LogP contribution < -0.4 is 5.32 Å². The minimum absolute atomic E-state index is 0.0261. The highest BCUT2D eigenvalue weighted by molar-refractivity contribution is 9.10. The lowest BCUT2D eigenvalue weighted by Gasteiger charge is -2.05. The summed E-state index contributed by atoms with van der Waals surface area (Å²) in [6.45, 7) is 0.302. The van der Waals surface area contributed by atoms with E-state index in [4.69, 9.17) is 0 Å². The van der Waals surface area contributed by atoms with Crippen LogP contribution in [0.3, 0.4) is 0 Å². The number of amides is 1. The number of non-ortho nitro benzene ring substituents is 1. The summed E-state index contributed by atoms with van der Waals surface area (Å²) in [6.07, 6.45) is 1.53. The van der Waals surface area contributed by atoms with Crippen LogP contribution in [-0.4, -0.2) is 15.8 Å². The molecule has 0 aliphatic rings. The van der Waals surface area contributed by atoms with Crippen LogP contribution in [0.15, 0.2) is 47.2 Å². The van der Waals surface area contributed by atoms with Crippen molar-refractivity contribution in [2.24, 2.45) is 0 Å². The average molecular weight is 336 g/mol. The molecule has 1 amide bonds. The standard InChI is InChI=1S/C13H10BrN3O3/c14-12-7-10(5-6-15-12)13(18)16-8-9-1-3-11(4-2-9)17(19)20/h1-7H,8H2,(H,16,18). The maximum absolute atomic E-state index is 11.9. The van der Waals surface area contributed by atoms with Gasteiger partial charge in [0.2, 0.25) is 0 Å².